The second kappa shape index (κ2) is 7.43. The molecule has 0 radical (unpaired) electrons. The molecule has 30 heavy (non-hydrogen) atoms. The van der Waals surface area contributed by atoms with E-state index in [1.165, 1.54) is 11.3 Å². The van der Waals surface area contributed by atoms with Crippen molar-refractivity contribution < 1.29 is 18.8 Å². The van der Waals surface area contributed by atoms with Gasteiger partial charge in [0.05, 0.1) is 6.54 Å². The van der Waals surface area contributed by atoms with Crippen LogP contribution in [0.3, 0.4) is 0 Å². The molecule has 7 heteroatoms. The van der Waals surface area contributed by atoms with Crippen LogP contribution in [-0.4, -0.2) is 45.8 Å². The molecule has 1 aliphatic heterocycles. The van der Waals surface area contributed by atoms with E-state index in [4.69, 9.17) is 4.42 Å². The van der Waals surface area contributed by atoms with Crippen LogP contribution in [0.5, 0.6) is 0 Å². The fraction of sp³-hybridized carbons (Fsp3) is 0.696. The summed E-state index contributed by atoms with van der Waals surface area (Å²) in [6, 6.07) is 3.92. The summed E-state index contributed by atoms with van der Waals surface area (Å²) in [7, 11) is 0. The zero-order valence-electron chi connectivity index (χ0n) is 17.7. The lowest BCUT2D eigenvalue weighted by atomic mass is 9.82. The number of amides is 4. The van der Waals surface area contributed by atoms with E-state index >= 15 is 0 Å². The zero-order chi connectivity index (χ0) is 20.9. The average molecular weight is 414 g/mol. The molecule has 2 atom stereocenters. The maximum atomic E-state index is 13.0. The Morgan fingerprint density at radius 3 is 2.63 bits per heavy atom. The van der Waals surface area contributed by atoms with Crippen molar-refractivity contribution in [2.75, 3.05) is 6.54 Å². The minimum atomic E-state index is -0.723. The molecule has 3 aliphatic carbocycles. The Morgan fingerprint density at radius 2 is 1.97 bits per heavy atom. The van der Waals surface area contributed by atoms with Gasteiger partial charge in [-0.15, -0.1) is 0 Å². The van der Waals surface area contributed by atoms with E-state index in [0.717, 1.165) is 43.6 Å². The molecule has 1 saturated heterocycles. The Kier molecular flexibility index (Phi) is 4.86. The van der Waals surface area contributed by atoms with Crippen molar-refractivity contribution in [1.82, 2.24) is 15.1 Å². The fourth-order valence-corrected chi connectivity index (χ4v) is 5.10. The van der Waals surface area contributed by atoms with Crippen molar-refractivity contribution in [3.8, 4) is 0 Å². The highest BCUT2D eigenvalue weighted by Crippen LogP contribution is 2.47. The molecule has 4 amide bonds. The highest BCUT2D eigenvalue weighted by molar-refractivity contribution is 6.07. The molecule has 1 aromatic rings. The third-order valence-corrected chi connectivity index (χ3v) is 7.29. The predicted octanol–water partition coefficient (Wildman–Crippen LogP) is 3.54. The van der Waals surface area contributed by atoms with Crippen molar-refractivity contribution in [3.63, 3.8) is 0 Å². The molecule has 2 heterocycles. The van der Waals surface area contributed by atoms with Gasteiger partial charge in [-0.25, -0.2) is 4.79 Å². The first-order chi connectivity index (χ1) is 14.5. The molecular formula is C23H31N3O4. The molecule has 2 unspecified atom stereocenters. The number of rotatable bonds is 7. The lowest BCUT2D eigenvalue weighted by Crippen LogP contribution is -2.48. The van der Waals surface area contributed by atoms with Crippen molar-refractivity contribution in [2.45, 2.75) is 88.8 Å². The largest absolute Gasteiger partial charge is 0.464 e. The summed E-state index contributed by atoms with van der Waals surface area (Å²) >= 11 is 0. The van der Waals surface area contributed by atoms with Gasteiger partial charge in [0, 0.05) is 24.9 Å². The minimum absolute atomic E-state index is 0.0135. The Morgan fingerprint density at radius 1 is 1.23 bits per heavy atom. The van der Waals surface area contributed by atoms with Crippen LogP contribution in [0.25, 0.3) is 0 Å². The predicted molar refractivity (Wildman–Crippen MR) is 109 cm³/mol. The number of imide groups is 1. The van der Waals surface area contributed by atoms with Gasteiger partial charge < -0.3 is 14.6 Å². The van der Waals surface area contributed by atoms with Crippen LogP contribution >= 0.6 is 0 Å². The van der Waals surface area contributed by atoms with E-state index in [-0.39, 0.29) is 36.9 Å². The van der Waals surface area contributed by atoms with Crippen LogP contribution in [0.1, 0.15) is 82.1 Å². The topological polar surface area (TPSA) is 82.9 Å². The maximum absolute atomic E-state index is 13.0. The fourth-order valence-electron chi connectivity index (χ4n) is 5.10. The average Bonchev–Trinajstić information content (AvgIpc) is 3.64. The first-order valence-electron chi connectivity index (χ1n) is 11.5. The standard InChI is InChI=1S/C23H31N3O4/c1-15-13-18(15)19-8-7-17(30-19)14-26(16-5-6-16)20(27)9-12-25-21(28)23(24-22(25)29)10-3-2-4-11-23/h7-8,15-16,18H,2-6,9-14H2,1H3,(H,24,29). The number of nitrogens with one attached hydrogen (secondary N) is 1. The summed E-state index contributed by atoms with van der Waals surface area (Å²) in [4.78, 5) is 41.5. The van der Waals surface area contributed by atoms with Gasteiger partial charge >= 0.3 is 6.03 Å². The molecule has 162 valence electrons. The molecule has 0 bridgehead atoms. The number of hydrogen-bond acceptors (Lipinski definition) is 4. The molecule has 1 spiro atoms. The third-order valence-electron chi connectivity index (χ3n) is 7.29. The van der Waals surface area contributed by atoms with Crippen LogP contribution in [-0.2, 0) is 16.1 Å². The summed E-state index contributed by atoms with van der Waals surface area (Å²) in [6.45, 7) is 2.84. The SMILES string of the molecule is CC1CC1c1ccc(CN(C(=O)CCN2C(=O)NC3(CCCCC3)C2=O)C2CC2)o1. The highest BCUT2D eigenvalue weighted by Gasteiger charge is 2.51. The van der Waals surface area contributed by atoms with Crippen molar-refractivity contribution in [1.29, 1.82) is 0 Å². The molecular weight excluding hydrogens is 382 g/mol. The Balaban J connectivity index is 1.20. The normalized spacial score (nSPS) is 27.4. The first kappa shape index (κ1) is 19.6. The third kappa shape index (κ3) is 3.63. The van der Waals surface area contributed by atoms with Gasteiger partial charge in [-0.05, 0) is 50.2 Å². The van der Waals surface area contributed by atoms with Gasteiger partial charge in [-0.2, -0.15) is 0 Å². The van der Waals surface area contributed by atoms with Crippen molar-refractivity contribution in [3.05, 3.63) is 23.7 Å². The lowest BCUT2D eigenvalue weighted by Gasteiger charge is -2.30. The quantitative estimate of drug-likeness (QED) is 0.693. The molecule has 0 aromatic carbocycles. The summed E-state index contributed by atoms with van der Waals surface area (Å²) in [6.07, 6.45) is 7.78. The van der Waals surface area contributed by atoms with Gasteiger partial charge in [0.2, 0.25) is 5.91 Å². The second-order valence-corrected chi connectivity index (χ2v) is 9.66. The Labute approximate surface area is 177 Å². The van der Waals surface area contributed by atoms with E-state index in [1.807, 2.05) is 17.0 Å². The van der Waals surface area contributed by atoms with E-state index in [0.29, 0.717) is 31.2 Å². The molecule has 4 aliphatic rings. The van der Waals surface area contributed by atoms with Crippen LogP contribution in [0, 0.1) is 5.92 Å². The van der Waals surface area contributed by atoms with E-state index in [2.05, 4.69) is 12.2 Å². The number of carbonyl (C=O) groups is 3. The Hall–Kier alpha value is -2.31. The van der Waals surface area contributed by atoms with Gasteiger partial charge in [0.15, 0.2) is 0 Å². The number of carbonyl (C=O) groups excluding carboxylic acids is 3. The monoisotopic (exact) mass is 413 g/mol. The van der Waals surface area contributed by atoms with Crippen LogP contribution in [0.4, 0.5) is 4.79 Å². The highest BCUT2D eigenvalue weighted by atomic mass is 16.3. The molecule has 1 N–H and O–H groups in total. The van der Waals surface area contributed by atoms with E-state index in [9.17, 15) is 14.4 Å². The zero-order valence-corrected chi connectivity index (χ0v) is 17.7. The maximum Gasteiger partial charge on any atom is 0.325 e. The smallest absolute Gasteiger partial charge is 0.325 e. The number of nitrogens with zero attached hydrogens (tertiary/aromatic N) is 2. The number of furan rings is 1. The lowest BCUT2D eigenvalue weighted by molar-refractivity contribution is -0.135. The second-order valence-electron chi connectivity index (χ2n) is 9.66. The van der Waals surface area contributed by atoms with Gasteiger partial charge in [0.25, 0.3) is 5.91 Å². The molecule has 4 fully saturated rings. The van der Waals surface area contributed by atoms with Crippen molar-refractivity contribution >= 4 is 17.8 Å². The van der Waals surface area contributed by atoms with E-state index in [1.54, 1.807) is 0 Å². The molecule has 7 nitrogen and oxygen atoms in total. The molecule has 5 rings (SSSR count). The Bertz CT molecular complexity index is 852. The van der Waals surface area contributed by atoms with Gasteiger partial charge in [-0.1, -0.05) is 26.2 Å². The van der Waals surface area contributed by atoms with E-state index < -0.39 is 5.54 Å². The minimum Gasteiger partial charge on any atom is -0.464 e. The summed E-state index contributed by atoms with van der Waals surface area (Å²) < 4.78 is 6.00. The van der Waals surface area contributed by atoms with Crippen LogP contribution in [0.15, 0.2) is 16.5 Å². The van der Waals surface area contributed by atoms with Crippen LogP contribution in [0.2, 0.25) is 0 Å². The summed E-state index contributed by atoms with van der Waals surface area (Å²) in [5.74, 6) is 2.89. The molecule has 3 saturated carbocycles. The van der Waals surface area contributed by atoms with Gasteiger partial charge in [-0.3, -0.25) is 14.5 Å². The molecule has 1 aromatic heterocycles. The summed E-state index contributed by atoms with van der Waals surface area (Å²) in [5.41, 5.74) is -0.723. The summed E-state index contributed by atoms with van der Waals surface area (Å²) in [5, 5.41) is 2.92. The van der Waals surface area contributed by atoms with Gasteiger partial charge in [0.1, 0.15) is 17.1 Å². The van der Waals surface area contributed by atoms with Crippen LogP contribution < -0.4 is 5.32 Å². The number of hydrogen-bond donors (Lipinski definition) is 1. The number of urea groups is 1. The first-order valence-corrected chi connectivity index (χ1v) is 11.5. The van der Waals surface area contributed by atoms with Crippen molar-refractivity contribution in [2.24, 2.45) is 5.92 Å².